The first-order chi connectivity index (χ1) is 17.4. The van der Waals surface area contributed by atoms with Gasteiger partial charge in [-0.15, -0.1) is 0 Å². The molecule has 0 bridgehead atoms. The van der Waals surface area contributed by atoms with Crippen molar-refractivity contribution < 1.29 is 28.2 Å². The van der Waals surface area contributed by atoms with Gasteiger partial charge >= 0.3 is 11.8 Å². The minimum absolute atomic E-state index is 0.221. The summed E-state index contributed by atoms with van der Waals surface area (Å²) in [6.07, 6.45) is 2.09. The highest BCUT2D eigenvalue weighted by Crippen LogP contribution is 2.27. The van der Waals surface area contributed by atoms with Crippen LogP contribution in [-0.4, -0.2) is 37.7 Å². The number of methoxy groups -OCH3 is 1. The Balaban J connectivity index is 1.53. The lowest BCUT2D eigenvalue weighted by atomic mass is 10.1. The van der Waals surface area contributed by atoms with E-state index in [0.717, 1.165) is 29.8 Å². The van der Waals surface area contributed by atoms with Gasteiger partial charge in [0.1, 0.15) is 5.82 Å². The molecule has 0 radical (unpaired) electrons. The molecule has 0 fully saturated rings. The first kappa shape index (κ1) is 25.9. The molecule has 36 heavy (non-hydrogen) atoms. The molecule has 0 saturated carbocycles. The topological polar surface area (TPSA) is 118 Å². The average Bonchev–Trinajstić information content (AvgIpc) is 2.89. The number of ether oxygens (including phenoxy) is 2. The number of hydrogen-bond acceptors (Lipinski definition) is 6. The molecular formula is C26H25FN4O5. The number of halogens is 1. The second kappa shape index (κ2) is 12.7. The van der Waals surface area contributed by atoms with Crippen LogP contribution in [0.25, 0.3) is 0 Å². The third kappa shape index (κ3) is 7.39. The third-order valence-electron chi connectivity index (χ3n) is 4.91. The number of carbonyl (C=O) groups is 3. The molecule has 3 amide bonds. The minimum Gasteiger partial charge on any atom is -0.493 e. The summed E-state index contributed by atoms with van der Waals surface area (Å²) in [5.74, 6) is -2.05. The van der Waals surface area contributed by atoms with Gasteiger partial charge in [-0.05, 0) is 66.1 Å². The van der Waals surface area contributed by atoms with E-state index in [1.54, 1.807) is 18.2 Å². The van der Waals surface area contributed by atoms with Crippen molar-refractivity contribution in [3.8, 4) is 11.5 Å². The Morgan fingerprint density at radius 3 is 2.42 bits per heavy atom. The number of aryl methyl sites for hydroxylation is 1. The Hall–Kier alpha value is -4.73. The fourth-order valence-electron chi connectivity index (χ4n) is 3.10. The number of anilines is 2. The summed E-state index contributed by atoms with van der Waals surface area (Å²) in [5, 5.41) is 8.91. The molecule has 0 spiro atoms. The van der Waals surface area contributed by atoms with Gasteiger partial charge in [-0.25, -0.2) is 9.82 Å². The summed E-state index contributed by atoms with van der Waals surface area (Å²) in [6.45, 7) is 1.78. The Morgan fingerprint density at radius 2 is 1.69 bits per heavy atom. The molecule has 186 valence electrons. The standard InChI is InChI=1S/C26H25FN4O5/c1-3-18-6-4-5-7-21(18)30-24(32)16-36-22-13-8-17(14-23(22)35-2)15-28-31-26(34)25(33)29-20-11-9-19(27)10-12-20/h4-15H,3,16H2,1-2H3,(H,29,33)(H,30,32)(H,31,34)/b28-15-. The van der Waals surface area contributed by atoms with Crippen molar-refractivity contribution in [1.29, 1.82) is 0 Å². The largest absolute Gasteiger partial charge is 0.493 e. The molecule has 9 nitrogen and oxygen atoms in total. The first-order valence-electron chi connectivity index (χ1n) is 11.0. The van der Waals surface area contributed by atoms with Crippen LogP contribution in [-0.2, 0) is 20.8 Å². The number of hydrogen-bond donors (Lipinski definition) is 3. The highest BCUT2D eigenvalue weighted by atomic mass is 19.1. The van der Waals surface area contributed by atoms with Crippen molar-refractivity contribution in [3.05, 3.63) is 83.7 Å². The van der Waals surface area contributed by atoms with E-state index < -0.39 is 17.6 Å². The molecular weight excluding hydrogens is 467 g/mol. The molecule has 0 aliphatic rings. The van der Waals surface area contributed by atoms with Crippen LogP contribution in [0.4, 0.5) is 15.8 Å². The molecule has 0 aromatic heterocycles. The van der Waals surface area contributed by atoms with E-state index in [-0.39, 0.29) is 18.2 Å². The van der Waals surface area contributed by atoms with Crippen molar-refractivity contribution in [2.45, 2.75) is 13.3 Å². The van der Waals surface area contributed by atoms with E-state index in [1.165, 1.54) is 25.5 Å². The van der Waals surface area contributed by atoms with Gasteiger partial charge < -0.3 is 20.1 Å². The zero-order chi connectivity index (χ0) is 25.9. The number of carbonyl (C=O) groups excluding carboxylic acids is 3. The highest BCUT2D eigenvalue weighted by molar-refractivity contribution is 6.39. The molecule has 0 atom stereocenters. The van der Waals surface area contributed by atoms with Crippen LogP contribution in [0.5, 0.6) is 11.5 Å². The fourth-order valence-corrected chi connectivity index (χ4v) is 3.10. The quantitative estimate of drug-likeness (QED) is 0.240. The van der Waals surface area contributed by atoms with E-state index in [2.05, 4.69) is 21.2 Å². The fraction of sp³-hybridized carbons (Fsp3) is 0.154. The summed E-state index contributed by atoms with van der Waals surface area (Å²) in [6, 6.07) is 17.3. The second-order valence-electron chi connectivity index (χ2n) is 7.42. The van der Waals surface area contributed by atoms with Gasteiger partial charge in [0.25, 0.3) is 5.91 Å². The van der Waals surface area contributed by atoms with E-state index in [1.807, 2.05) is 31.2 Å². The summed E-state index contributed by atoms with van der Waals surface area (Å²) >= 11 is 0. The lowest BCUT2D eigenvalue weighted by Gasteiger charge is -2.13. The number of amides is 3. The Morgan fingerprint density at radius 1 is 0.944 bits per heavy atom. The van der Waals surface area contributed by atoms with Gasteiger partial charge in [0.2, 0.25) is 0 Å². The predicted octanol–water partition coefficient (Wildman–Crippen LogP) is 3.50. The van der Waals surface area contributed by atoms with E-state index in [9.17, 15) is 18.8 Å². The summed E-state index contributed by atoms with van der Waals surface area (Å²) in [5.41, 5.74) is 4.67. The smallest absolute Gasteiger partial charge is 0.329 e. The monoisotopic (exact) mass is 492 g/mol. The molecule has 3 aromatic carbocycles. The lowest BCUT2D eigenvalue weighted by molar-refractivity contribution is -0.136. The van der Waals surface area contributed by atoms with Crippen molar-refractivity contribution in [2.24, 2.45) is 5.10 Å². The molecule has 0 aliphatic heterocycles. The minimum atomic E-state index is -1.00. The van der Waals surface area contributed by atoms with Crippen LogP contribution in [0.15, 0.2) is 71.8 Å². The number of hydrazone groups is 1. The maximum absolute atomic E-state index is 12.9. The number of benzene rings is 3. The second-order valence-corrected chi connectivity index (χ2v) is 7.42. The van der Waals surface area contributed by atoms with Crippen molar-refractivity contribution in [3.63, 3.8) is 0 Å². The summed E-state index contributed by atoms with van der Waals surface area (Å²) in [4.78, 5) is 36.1. The Labute approximate surface area is 207 Å². The normalized spacial score (nSPS) is 10.5. The molecule has 3 rings (SSSR count). The molecule has 0 aliphatic carbocycles. The van der Waals surface area contributed by atoms with Crippen LogP contribution >= 0.6 is 0 Å². The van der Waals surface area contributed by atoms with Crippen LogP contribution in [0.1, 0.15) is 18.1 Å². The van der Waals surface area contributed by atoms with Crippen molar-refractivity contribution in [2.75, 3.05) is 24.4 Å². The van der Waals surface area contributed by atoms with Crippen molar-refractivity contribution >= 4 is 35.3 Å². The van der Waals surface area contributed by atoms with Crippen LogP contribution in [0.2, 0.25) is 0 Å². The summed E-state index contributed by atoms with van der Waals surface area (Å²) in [7, 11) is 1.45. The van der Waals surface area contributed by atoms with E-state index in [4.69, 9.17) is 9.47 Å². The van der Waals surface area contributed by atoms with Crippen LogP contribution in [0.3, 0.4) is 0 Å². The molecule has 0 saturated heterocycles. The van der Waals surface area contributed by atoms with Gasteiger partial charge in [-0.2, -0.15) is 5.10 Å². The maximum atomic E-state index is 12.9. The number of para-hydroxylation sites is 1. The molecule has 3 N–H and O–H groups in total. The maximum Gasteiger partial charge on any atom is 0.329 e. The van der Waals surface area contributed by atoms with Crippen LogP contribution in [0, 0.1) is 5.82 Å². The van der Waals surface area contributed by atoms with Gasteiger partial charge in [-0.3, -0.25) is 14.4 Å². The zero-order valence-electron chi connectivity index (χ0n) is 19.7. The highest BCUT2D eigenvalue weighted by Gasteiger charge is 2.13. The van der Waals surface area contributed by atoms with Gasteiger partial charge in [-0.1, -0.05) is 25.1 Å². The molecule has 10 heteroatoms. The summed E-state index contributed by atoms with van der Waals surface area (Å²) < 4.78 is 23.8. The SMILES string of the molecule is CCc1ccccc1NC(=O)COc1ccc(/C=N\NC(=O)C(=O)Nc2ccc(F)cc2)cc1OC. The number of nitrogens with zero attached hydrogens (tertiary/aromatic N) is 1. The average molecular weight is 493 g/mol. The van der Waals surface area contributed by atoms with Gasteiger partial charge in [0, 0.05) is 11.4 Å². The molecule has 3 aromatic rings. The predicted molar refractivity (Wildman–Crippen MR) is 134 cm³/mol. The van der Waals surface area contributed by atoms with Crippen LogP contribution < -0.4 is 25.5 Å². The lowest BCUT2D eigenvalue weighted by Crippen LogP contribution is -2.32. The van der Waals surface area contributed by atoms with Crippen molar-refractivity contribution in [1.82, 2.24) is 5.43 Å². The van der Waals surface area contributed by atoms with Gasteiger partial charge in [0.05, 0.1) is 13.3 Å². The van der Waals surface area contributed by atoms with E-state index >= 15 is 0 Å². The van der Waals surface area contributed by atoms with E-state index in [0.29, 0.717) is 17.1 Å². The zero-order valence-corrected chi connectivity index (χ0v) is 19.7. The number of rotatable bonds is 9. The molecule has 0 heterocycles. The van der Waals surface area contributed by atoms with Gasteiger partial charge in [0.15, 0.2) is 18.1 Å². The first-order valence-corrected chi connectivity index (χ1v) is 11.0. The number of nitrogens with one attached hydrogen (secondary N) is 3. The molecule has 0 unspecified atom stereocenters. The third-order valence-corrected chi connectivity index (χ3v) is 4.91. The Kier molecular flexibility index (Phi) is 9.10. The Bertz CT molecular complexity index is 1260.